The Labute approximate surface area is 157 Å². The van der Waals surface area contributed by atoms with Crippen LogP contribution in [0.2, 0.25) is 5.02 Å². The first-order chi connectivity index (χ1) is 12.4. The molecule has 0 unspecified atom stereocenters. The number of amides is 2. The van der Waals surface area contributed by atoms with Crippen molar-refractivity contribution < 1.29 is 9.59 Å². The van der Waals surface area contributed by atoms with Crippen LogP contribution in [-0.4, -0.2) is 18.4 Å². The van der Waals surface area contributed by atoms with Gasteiger partial charge in [0, 0.05) is 24.3 Å². The van der Waals surface area contributed by atoms with Gasteiger partial charge in [0.2, 0.25) is 11.8 Å². The number of carbonyl (C=O) groups excluding carboxylic acids is 2. The molecule has 2 amide bonds. The summed E-state index contributed by atoms with van der Waals surface area (Å²) in [6, 6.07) is 12.5. The number of hydrogen-bond acceptors (Lipinski definition) is 3. The van der Waals surface area contributed by atoms with E-state index in [-0.39, 0.29) is 23.3 Å². The van der Waals surface area contributed by atoms with E-state index in [1.165, 1.54) is 6.07 Å². The highest BCUT2D eigenvalue weighted by atomic mass is 35.5. The van der Waals surface area contributed by atoms with Crippen LogP contribution in [0.25, 0.3) is 0 Å². The molecule has 1 saturated heterocycles. The minimum Gasteiger partial charge on any atom is -0.326 e. The van der Waals surface area contributed by atoms with Crippen molar-refractivity contribution in [1.29, 1.82) is 5.26 Å². The van der Waals surface area contributed by atoms with Crippen LogP contribution in [0, 0.1) is 31.1 Å². The van der Waals surface area contributed by atoms with Crippen LogP contribution in [0.15, 0.2) is 36.4 Å². The molecular formula is C20H18ClN3O2. The van der Waals surface area contributed by atoms with Crippen LogP contribution in [0.1, 0.15) is 23.1 Å². The molecule has 0 aromatic heterocycles. The van der Waals surface area contributed by atoms with Crippen LogP contribution in [-0.2, 0) is 9.59 Å². The molecule has 0 bridgehead atoms. The predicted octanol–water partition coefficient (Wildman–Crippen LogP) is 3.82. The Morgan fingerprint density at radius 3 is 2.65 bits per heavy atom. The molecule has 2 aromatic carbocycles. The summed E-state index contributed by atoms with van der Waals surface area (Å²) < 4.78 is 0. The highest BCUT2D eigenvalue weighted by molar-refractivity contribution is 6.32. The summed E-state index contributed by atoms with van der Waals surface area (Å²) in [4.78, 5) is 26.5. The molecule has 132 valence electrons. The second kappa shape index (κ2) is 7.19. The molecular weight excluding hydrogens is 350 g/mol. The molecule has 5 nitrogen and oxygen atoms in total. The fourth-order valence-corrected chi connectivity index (χ4v) is 3.18. The summed E-state index contributed by atoms with van der Waals surface area (Å²) in [7, 11) is 0. The molecule has 3 rings (SSSR count). The minimum atomic E-state index is -0.432. The highest BCUT2D eigenvalue weighted by Gasteiger charge is 2.35. The number of nitrogens with one attached hydrogen (secondary N) is 1. The van der Waals surface area contributed by atoms with E-state index in [0.29, 0.717) is 17.8 Å². The van der Waals surface area contributed by atoms with Crippen molar-refractivity contribution in [2.45, 2.75) is 20.3 Å². The number of nitriles is 1. The molecule has 0 saturated carbocycles. The summed E-state index contributed by atoms with van der Waals surface area (Å²) in [5, 5.41) is 12.0. The van der Waals surface area contributed by atoms with Gasteiger partial charge in [-0.3, -0.25) is 9.59 Å². The van der Waals surface area contributed by atoms with E-state index in [0.717, 1.165) is 16.8 Å². The highest BCUT2D eigenvalue weighted by Crippen LogP contribution is 2.28. The second-order valence-electron chi connectivity index (χ2n) is 6.47. The van der Waals surface area contributed by atoms with Gasteiger partial charge in [0.05, 0.1) is 16.5 Å². The molecule has 6 heteroatoms. The van der Waals surface area contributed by atoms with Gasteiger partial charge in [-0.25, -0.2) is 0 Å². The molecule has 1 aliphatic heterocycles. The number of halogens is 1. The molecule has 0 spiro atoms. The minimum absolute atomic E-state index is 0.0636. The Kier molecular flexibility index (Phi) is 4.97. The summed E-state index contributed by atoms with van der Waals surface area (Å²) in [6.45, 7) is 4.36. The zero-order valence-corrected chi connectivity index (χ0v) is 15.3. The smallest absolute Gasteiger partial charge is 0.229 e. The average Bonchev–Trinajstić information content (AvgIpc) is 2.99. The number of nitrogens with zero attached hydrogens (tertiary/aromatic N) is 2. The quantitative estimate of drug-likeness (QED) is 0.896. The van der Waals surface area contributed by atoms with Gasteiger partial charge >= 0.3 is 0 Å². The maximum Gasteiger partial charge on any atom is 0.229 e. The first-order valence-corrected chi connectivity index (χ1v) is 8.65. The van der Waals surface area contributed by atoms with Gasteiger partial charge < -0.3 is 10.2 Å². The Morgan fingerprint density at radius 2 is 2.00 bits per heavy atom. The van der Waals surface area contributed by atoms with E-state index in [2.05, 4.69) is 5.32 Å². The topological polar surface area (TPSA) is 73.2 Å². The van der Waals surface area contributed by atoms with Crippen LogP contribution in [0.5, 0.6) is 0 Å². The molecule has 1 atom stereocenters. The Morgan fingerprint density at radius 1 is 1.23 bits per heavy atom. The number of carbonyl (C=O) groups is 2. The van der Waals surface area contributed by atoms with Gasteiger partial charge in [-0.15, -0.1) is 0 Å². The molecule has 1 fully saturated rings. The van der Waals surface area contributed by atoms with Gasteiger partial charge in [0.25, 0.3) is 0 Å². The lowest BCUT2D eigenvalue weighted by atomic mass is 10.1. The van der Waals surface area contributed by atoms with E-state index in [9.17, 15) is 9.59 Å². The third kappa shape index (κ3) is 3.56. The number of rotatable bonds is 3. The molecule has 2 aromatic rings. The maximum atomic E-state index is 12.5. The lowest BCUT2D eigenvalue weighted by Gasteiger charge is -2.18. The van der Waals surface area contributed by atoms with Gasteiger partial charge in [-0.1, -0.05) is 17.7 Å². The van der Waals surface area contributed by atoms with Crippen molar-refractivity contribution in [3.8, 4) is 6.07 Å². The van der Waals surface area contributed by atoms with Crippen LogP contribution < -0.4 is 10.2 Å². The van der Waals surface area contributed by atoms with Crippen LogP contribution >= 0.6 is 11.6 Å². The van der Waals surface area contributed by atoms with Gasteiger partial charge in [0.15, 0.2) is 0 Å². The van der Waals surface area contributed by atoms with Crippen molar-refractivity contribution in [3.05, 3.63) is 58.1 Å². The van der Waals surface area contributed by atoms with Crippen LogP contribution in [0.3, 0.4) is 0 Å². The standard InChI is InChI=1S/C20H18ClN3O2/c1-12-3-6-17(7-13(12)2)24-11-15(8-19(24)25)20(26)23-16-5-4-14(10-22)18(21)9-16/h3-7,9,15H,8,11H2,1-2H3,(H,23,26)/t15-/m1/s1. The van der Waals surface area contributed by atoms with Crippen molar-refractivity contribution in [2.75, 3.05) is 16.8 Å². The summed E-state index contributed by atoms with van der Waals surface area (Å²) in [5.41, 5.74) is 3.94. The molecule has 1 heterocycles. The third-order valence-electron chi connectivity index (χ3n) is 4.66. The Balaban J connectivity index is 1.71. The number of anilines is 2. The van der Waals surface area contributed by atoms with E-state index in [1.54, 1.807) is 17.0 Å². The molecule has 1 N–H and O–H groups in total. The van der Waals surface area contributed by atoms with Crippen LogP contribution in [0.4, 0.5) is 11.4 Å². The number of hydrogen-bond donors (Lipinski definition) is 1. The molecule has 1 aliphatic rings. The Hall–Kier alpha value is -2.84. The lowest BCUT2D eigenvalue weighted by Crippen LogP contribution is -2.28. The lowest BCUT2D eigenvalue weighted by molar-refractivity contribution is -0.122. The monoisotopic (exact) mass is 367 g/mol. The zero-order valence-electron chi connectivity index (χ0n) is 14.5. The molecule has 26 heavy (non-hydrogen) atoms. The SMILES string of the molecule is Cc1ccc(N2C[C@H](C(=O)Nc3ccc(C#N)c(Cl)c3)CC2=O)cc1C. The number of aryl methyl sites for hydroxylation is 2. The first-order valence-electron chi connectivity index (χ1n) is 8.27. The average molecular weight is 368 g/mol. The van der Waals surface area contributed by atoms with Gasteiger partial charge in [-0.2, -0.15) is 5.26 Å². The van der Waals surface area contributed by atoms with Crippen molar-refractivity contribution in [1.82, 2.24) is 0 Å². The maximum absolute atomic E-state index is 12.5. The third-order valence-corrected chi connectivity index (χ3v) is 4.97. The summed E-state index contributed by atoms with van der Waals surface area (Å²) >= 11 is 5.99. The van der Waals surface area contributed by atoms with E-state index >= 15 is 0 Å². The first kappa shape index (κ1) is 18.0. The van der Waals surface area contributed by atoms with Crippen molar-refractivity contribution in [2.24, 2.45) is 5.92 Å². The predicted molar refractivity (Wildman–Crippen MR) is 101 cm³/mol. The fraction of sp³-hybridized carbons (Fsp3) is 0.250. The van der Waals surface area contributed by atoms with E-state index < -0.39 is 5.92 Å². The number of benzene rings is 2. The zero-order chi connectivity index (χ0) is 18.8. The van der Waals surface area contributed by atoms with Gasteiger partial charge in [0.1, 0.15) is 6.07 Å². The van der Waals surface area contributed by atoms with Crippen molar-refractivity contribution >= 4 is 34.8 Å². The van der Waals surface area contributed by atoms with E-state index in [4.69, 9.17) is 16.9 Å². The largest absolute Gasteiger partial charge is 0.326 e. The normalized spacial score (nSPS) is 16.5. The summed E-state index contributed by atoms with van der Waals surface area (Å²) in [5.74, 6) is -0.727. The van der Waals surface area contributed by atoms with Gasteiger partial charge in [-0.05, 0) is 55.3 Å². The van der Waals surface area contributed by atoms with E-state index in [1.807, 2.05) is 38.1 Å². The van der Waals surface area contributed by atoms with Crippen molar-refractivity contribution in [3.63, 3.8) is 0 Å². The fourth-order valence-electron chi connectivity index (χ4n) is 2.95. The summed E-state index contributed by atoms with van der Waals surface area (Å²) in [6.07, 6.45) is 0.169. The second-order valence-corrected chi connectivity index (χ2v) is 6.88. The molecule has 0 aliphatic carbocycles. The Bertz CT molecular complexity index is 933. The molecule has 0 radical (unpaired) electrons.